The van der Waals surface area contributed by atoms with E-state index in [1.165, 1.54) is 36.7 Å². The number of halogens is 5. The van der Waals surface area contributed by atoms with Crippen molar-refractivity contribution in [1.29, 1.82) is 0 Å². The summed E-state index contributed by atoms with van der Waals surface area (Å²) in [5.74, 6) is 0. The fourth-order valence-electron chi connectivity index (χ4n) is 2.38. The number of hydrogen-bond acceptors (Lipinski definition) is 1. The third-order valence-corrected chi connectivity index (χ3v) is 3.53. The molecule has 2 aromatic rings. The van der Waals surface area contributed by atoms with E-state index in [0.29, 0.717) is 5.52 Å². The molecule has 1 N–H and O–H groups in total. The van der Waals surface area contributed by atoms with Crippen LogP contribution in [-0.2, 0) is 12.6 Å². The summed E-state index contributed by atoms with van der Waals surface area (Å²) in [6, 6.07) is 5.82. The van der Waals surface area contributed by atoms with Crippen molar-refractivity contribution >= 4 is 10.9 Å². The number of fused-ring (bicyclic) bond motifs is 1. The number of rotatable bonds is 2. The lowest BCUT2D eigenvalue weighted by molar-refractivity contribution is -0.305. The zero-order valence-electron chi connectivity index (χ0n) is 10.7. The molecular weight excluding hydrogens is 281 g/mol. The number of aryl methyl sites for hydroxylation is 1. The highest BCUT2D eigenvalue weighted by Crippen LogP contribution is 2.47. The van der Waals surface area contributed by atoms with Crippen LogP contribution in [0.25, 0.3) is 10.9 Å². The SMILES string of the molecule is Cc1c(C(O)(C(F)F)C(F)(F)F)c2ccccc2n1C. The van der Waals surface area contributed by atoms with Gasteiger partial charge in [-0.2, -0.15) is 13.2 Å². The first-order valence-electron chi connectivity index (χ1n) is 5.74. The molecule has 7 heteroatoms. The van der Waals surface area contributed by atoms with Crippen LogP contribution >= 0.6 is 0 Å². The van der Waals surface area contributed by atoms with E-state index in [1.54, 1.807) is 6.07 Å². The average molecular weight is 293 g/mol. The topological polar surface area (TPSA) is 25.2 Å². The molecule has 0 aliphatic heterocycles. The van der Waals surface area contributed by atoms with Crippen LogP contribution < -0.4 is 0 Å². The Hall–Kier alpha value is -1.63. The molecule has 0 amide bonds. The Morgan fingerprint density at radius 2 is 1.70 bits per heavy atom. The van der Waals surface area contributed by atoms with Gasteiger partial charge in [-0.15, -0.1) is 0 Å². The minimum Gasteiger partial charge on any atom is -0.372 e. The maximum Gasteiger partial charge on any atom is 0.427 e. The molecule has 0 aliphatic carbocycles. The predicted octanol–water partition coefficient (Wildman–Crippen LogP) is 3.50. The molecule has 1 aromatic carbocycles. The molecule has 0 aliphatic rings. The van der Waals surface area contributed by atoms with Gasteiger partial charge in [-0.05, 0) is 13.0 Å². The maximum absolute atomic E-state index is 13.0. The largest absolute Gasteiger partial charge is 0.427 e. The highest BCUT2D eigenvalue weighted by atomic mass is 19.4. The molecule has 1 aromatic heterocycles. The van der Waals surface area contributed by atoms with E-state index in [0.717, 1.165) is 0 Å². The smallest absolute Gasteiger partial charge is 0.372 e. The van der Waals surface area contributed by atoms with Gasteiger partial charge in [0.15, 0.2) is 0 Å². The molecular formula is C13H12F5NO. The van der Waals surface area contributed by atoms with Crippen LogP contribution in [0.15, 0.2) is 24.3 Å². The molecule has 2 nitrogen and oxygen atoms in total. The van der Waals surface area contributed by atoms with Crippen molar-refractivity contribution in [2.75, 3.05) is 0 Å². The van der Waals surface area contributed by atoms with Crippen LogP contribution in [-0.4, -0.2) is 22.3 Å². The highest BCUT2D eigenvalue weighted by molar-refractivity contribution is 5.86. The van der Waals surface area contributed by atoms with E-state index in [1.807, 2.05) is 0 Å². The first kappa shape index (κ1) is 14.8. The molecule has 0 radical (unpaired) electrons. The maximum atomic E-state index is 13.0. The fraction of sp³-hybridized carbons (Fsp3) is 0.385. The Balaban J connectivity index is 2.90. The molecule has 1 heterocycles. The minimum absolute atomic E-state index is 0.0346. The Labute approximate surface area is 111 Å². The average Bonchev–Trinajstić information content (AvgIpc) is 2.60. The summed E-state index contributed by atoms with van der Waals surface area (Å²) in [7, 11) is 1.46. The first-order valence-corrected chi connectivity index (χ1v) is 5.74. The summed E-state index contributed by atoms with van der Waals surface area (Å²) >= 11 is 0. The lowest BCUT2D eigenvalue weighted by Crippen LogP contribution is -2.48. The van der Waals surface area contributed by atoms with Crippen molar-refractivity contribution in [1.82, 2.24) is 4.57 Å². The molecule has 0 fully saturated rings. The van der Waals surface area contributed by atoms with Crippen molar-refractivity contribution < 1.29 is 27.1 Å². The van der Waals surface area contributed by atoms with Gasteiger partial charge in [-0.1, -0.05) is 18.2 Å². The lowest BCUT2D eigenvalue weighted by Gasteiger charge is -2.30. The van der Waals surface area contributed by atoms with Crippen LogP contribution in [0.5, 0.6) is 0 Å². The van der Waals surface area contributed by atoms with Crippen molar-refractivity contribution in [3.63, 3.8) is 0 Å². The summed E-state index contributed by atoms with van der Waals surface area (Å²) in [4.78, 5) is 0. The van der Waals surface area contributed by atoms with E-state index in [4.69, 9.17) is 0 Å². The number of hydrogen-bond donors (Lipinski definition) is 1. The van der Waals surface area contributed by atoms with Crippen LogP contribution in [0.1, 0.15) is 11.3 Å². The molecule has 0 saturated heterocycles. The number of aliphatic hydroxyl groups is 1. The zero-order valence-corrected chi connectivity index (χ0v) is 10.7. The monoisotopic (exact) mass is 293 g/mol. The van der Waals surface area contributed by atoms with Crippen molar-refractivity contribution in [3.05, 3.63) is 35.5 Å². The second-order valence-corrected chi connectivity index (χ2v) is 4.60. The number of nitrogens with zero attached hydrogens (tertiary/aromatic N) is 1. The summed E-state index contributed by atoms with van der Waals surface area (Å²) in [6.45, 7) is 1.27. The van der Waals surface area contributed by atoms with E-state index in [2.05, 4.69) is 0 Å². The zero-order chi connectivity index (χ0) is 15.3. The van der Waals surface area contributed by atoms with Gasteiger partial charge in [0.2, 0.25) is 5.60 Å². The molecule has 1 unspecified atom stereocenters. The molecule has 2 rings (SSSR count). The van der Waals surface area contributed by atoms with Crippen molar-refractivity contribution in [2.45, 2.75) is 25.1 Å². The molecule has 0 spiro atoms. The van der Waals surface area contributed by atoms with E-state index < -0.39 is 23.8 Å². The second kappa shape index (κ2) is 4.44. The van der Waals surface area contributed by atoms with E-state index in [9.17, 15) is 27.1 Å². The molecule has 0 bridgehead atoms. The standard InChI is InChI=1S/C13H12F5NO/c1-7-10(12(20,11(14)15)13(16,17)18)8-5-3-4-6-9(8)19(7)2/h3-6,11,20H,1-2H3. The Morgan fingerprint density at radius 1 is 1.15 bits per heavy atom. The summed E-state index contributed by atoms with van der Waals surface area (Å²) in [5, 5.41) is 9.67. The molecule has 1 atom stereocenters. The van der Waals surface area contributed by atoms with Crippen LogP contribution in [0.4, 0.5) is 22.0 Å². The quantitative estimate of drug-likeness (QED) is 0.842. The van der Waals surface area contributed by atoms with Gasteiger partial charge in [0.25, 0.3) is 6.43 Å². The van der Waals surface area contributed by atoms with Crippen LogP contribution in [0.3, 0.4) is 0 Å². The third kappa shape index (κ3) is 1.80. The summed E-state index contributed by atoms with van der Waals surface area (Å²) in [6.07, 6.45) is -9.46. The fourth-order valence-corrected chi connectivity index (χ4v) is 2.38. The van der Waals surface area contributed by atoms with E-state index in [-0.39, 0.29) is 11.1 Å². The van der Waals surface area contributed by atoms with Gasteiger partial charge < -0.3 is 9.67 Å². The Kier molecular flexibility index (Phi) is 3.28. The third-order valence-electron chi connectivity index (χ3n) is 3.53. The van der Waals surface area contributed by atoms with Crippen LogP contribution in [0, 0.1) is 6.92 Å². The van der Waals surface area contributed by atoms with Gasteiger partial charge >= 0.3 is 6.18 Å². The molecule has 20 heavy (non-hydrogen) atoms. The summed E-state index contributed by atoms with van der Waals surface area (Å²) in [5.41, 5.74) is -4.68. The molecule has 0 saturated carbocycles. The number of benzene rings is 1. The van der Waals surface area contributed by atoms with Crippen molar-refractivity contribution in [3.8, 4) is 0 Å². The predicted molar refractivity (Wildman–Crippen MR) is 63.6 cm³/mol. The van der Waals surface area contributed by atoms with Crippen molar-refractivity contribution in [2.24, 2.45) is 7.05 Å². The summed E-state index contributed by atoms with van der Waals surface area (Å²) < 4.78 is 66.4. The van der Waals surface area contributed by atoms with Crippen LogP contribution in [0.2, 0.25) is 0 Å². The number of para-hydroxylation sites is 1. The van der Waals surface area contributed by atoms with E-state index >= 15 is 0 Å². The van der Waals surface area contributed by atoms with Gasteiger partial charge in [0.05, 0.1) is 0 Å². The first-order chi connectivity index (χ1) is 9.12. The van der Waals surface area contributed by atoms with Gasteiger partial charge in [0.1, 0.15) is 0 Å². The Bertz CT molecular complexity index is 646. The highest BCUT2D eigenvalue weighted by Gasteiger charge is 2.63. The van der Waals surface area contributed by atoms with Gasteiger partial charge in [0, 0.05) is 29.2 Å². The molecule has 110 valence electrons. The number of alkyl halides is 5. The van der Waals surface area contributed by atoms with Gasteiger partial charge in [-0.25, -0.2) is 8.78 Å². The lowest BCUT2D eigenvalue weighted by atomic mass is 9.91. The minimum atomic E-state index is -5.48. The second-order valence-electron chi connectivity index (χ2n) is 4.60. The Morgan fingerprint density at radius 3 is 2.20 bits per heavy atom. The normalized spacial score (nSPS) is 15.8. The number of aromatic nitrogens is 1. The van der Waals surface area contributed by atoms with Gasteiger partial charge in [-0.3, -0.25) is 0 Å².